The van der Waals surface area contributed by atoms with Crippen LogP contribution < -0.4 is 10.1 Å². The molecule has 1 fully saturated rings. The molecular formula is C14H17N3O3S2. The van der Waals surface area contributed by atoms with Crippen molar-refractivity contribution in [3.05, 3.63) is 24.3 Å². The zero-order chi connectivity index (χ0) is 15.2. The maximum absolute atomic E-state index is 5.51. The van der Waals surface area contributed by atoms with Crippen molar-refractivity contribution in [2.24, 2.45) is 0 Å². The van der Waals surface area contributed by atoms with E-state index in [1.807, 2.05) is 24.3 Å². The minimum absolute atomic E-state index is 0.230. The molecule has 1 aliphatic rings. The monoisotopic (exact) mass is 339 g/mol. The van der Waals surface area contributed by atoms with Crippen LogP contribution in [0, 0.1) is 0 Å². The Bertz CT molecular complexity index is 603. The summed E-state index contributed by atoms with van der Waals surface area (Å²) in [7, 11) is 1.65. The summed E-state index contributed by atoms with van der Waals surface area (Å²) >= 11 is 3.18. The normalized spacial score (nSPS) is 18.1. The molecule has 1 saturated heterocycles. The molecule has 1 atom stereocenters. The quantitative estimate of drug-likeness (QED) is 0.811. The van der Waals surface area contributed by atoms with Gasteiger partial charge in [0.15, 0.2) is 4.34 Å². The standard InChI is InChI=1S/C14H17N3O3S2/c1-18-12-5-3-2-4-11(12)15-13-16-17-14(22-13)21-8-10-6-7-19-9-20-10/h2-5,10H,6-9H2,1H3,(H,15,16). The summed E-state index contributed by atoms with van der Waals surface area (Å²) in [4.78, 5) is 0. The summed E-state index contributed by atoms with van der Waals surface area (Å²) < 4.78 is 16.9. The number of para-hydroxylation sites is 2. The van der Waals surface area contributed by atoms with E-state index in [9.17, 15) is 0 Å². The summed E-state index contributed by atoms with van der Waals surface area (Å²) in [6.07, 6.45) is 1.16. The van der Waals surface area contributed by atoms with Crippen molar-refractivity contribution >= 4 is 33.9 Å². The van der Waals surface area contributed by atoms with E-state index < -0.39 is 0 Å². The zero-order valence-electron chi connectivity index (χ0n) is 12.2. The fourth-order valence-electron chi connectivity index (χ4n) is 1.98. The van der Waals surface area contributed by atoms with Crippen LogP contribution in [0.1, 0.15) is 6.42 Å². The van der Waals surface area contributed by atoms with Gasteiger partial charge in [-0.3, -0.25) is 0 Å². The number of nitrogens with one attached hydrogen (secondary N) is 1. The van der Waals surface area contributed by atoms with Crippen LogP contribution >= 0.6 is 23.1 Å². The Morgan fingerprint density at radius 2 is 2.32 bits per heavy atom. The number of benzene rings is 1. The van der Waals surface area contributed by atoms with Gasteiger partial charge in [-0.15, -0.1) is 10.2 Å². The maximum atomic E-state index is 5.51. The Hall–Kier alpha value is -1.35. The van der Waals surface area contributed by atoms with E-state index in [0.717, 1.165) is 39.7 Å². The molecule has 2 heterocycles. The fourth-order valence-corrected chi connectivity index (χ4v) is 3.84. The first-order valence-electron chi connectivity index (χ1n) is 6.91. The third-order valence-electron chi connectivity index (χ3n) is 3.12. The van der Waals surface area contributed by atoms with E-state index in [4.69, 9.17) is 14.2 Å². The topological polar surface area (TPSA) is 65.5 Å². The van der Waals surface area contributed by atoms with Gasteiger partial charge in [-0.05, 0) is 18.6 Å². The molecule has 118 valence electrons. The number of ether oxygens (including phenoxy) is 3. The average Bonchev–Trinajstić information content (AvgIpc) is 3.02. The summed E-state index contributed by atoms with van der Waals surface area (Å²) in [5.41, 5.74) is 0.880. The largest absolute Gasteiger partial charge is 0.495 e. The van der Waals surface area contributed by atoms with E-state index in [1.54, 1.807) is 18.9 Å². The van der Waals surface area contributed by atoms with Gasteiger partial charge in [0.25, 0.3) is 0 Å². The van der Waals surface area contributed by atoms with Gasteiger partial charge in [0, 0.05) is 5.75 Å². The predicted molar refractivity (Wildman–Crippen MR) is 87.2 cm³/mol. The predicted octanol–water partition coefficient (Wildman–Crippen LogP) is 3.15. The minimum atomic E-state index is 0.230. The number of hydrogen-bond acceptors (Lipinski definition) is 8. The van der Waals surface area contributed by atoms with Crippen LogP contribution in [0.25, 0.3) is 0 Å². The molecule has 1 unspecified atom stereocenters. The van der Waals surface area contributed by atoms with Crippen LogP contribution in [0.2, 0.25) is 0 Å². The first-order chi connectivity index (χ1) is 10.8. The van der Waals surface area contributed by atoms with Crippen molar-refractivity contribution in [1.29, 1.82) is 0 Å². The van der Waals surface area contributed by atoms with Crippen molar-refractivity contribution in [2.75, 3.05) is 31.6 Å². The van der Waals surface area contributed by atoms with Gasteiger partial charge < -0.3 is 19.5 Å². The SMILES string of the molecule is COc1ccccc1Nc1nnc(SCC2CCOCO2)s1. The van der Waals surface area contributed by atoms with Crippen molar-refractivity contribution in [2.45, 2.75) is 16.9 Å². The van der Waals surface area contributed by atoms with E-state index in [0.29, 0.717) is 6.79 Å². The molecular weight excluding hydrogens is 322 g/mol. The molecule has 6 nitrogen and oxygen atoms in total. The van der Waals surface area contributed by atoms with Gasteiger partial charge in [0.2, 0.25) is 5.13 Å². The molecule has 1 aliphatic heterocycles. The average molecular weight is 339 g/mol. The van der Waals surface area contributed by atoms with Gasteiger partial charge in [0.1, 0.15) is 12.5 Å². The first kappa shape index (κ1) is 15.5. The number of nitrogens with zero attached hydrogens (tertiary/aromatic N) is 2. The Kier molecular flexibility index (Phi) is 5.49. The summed E-state index contributed by atoms with van der Waals surface area (Å²) in [5, 5.41) is 12.3. The summed E-state index contributed by atoms with van der Waals surface area (Å²) in [5.74, 6) is 1.65. The van der Waals surface area contributed by atoms with Crippen molar-refractivity contribution in [3.8, 4) is 5.75 Å². The van der Waals surface area contributed by atoms with Gasteiger partial charge in [0.05, 0.1) is 25.5 Å². The van der Waals surface area contributed by atoms with Gasteiger partial charge in [-0.2, -0.15) is 0 Å². The lowest BCUT2D eigenvalue weighted by atomic mass is 10.3. The number of methoxy groups -OCH3 is 1. The molecule has 22 heavy (non-hydrogen) atoms. The zero-order valence-corrected chi connectivity index (χ0v) is 13.8. The Balaban J connectivity index is 1.56. The number of aromatic nitrogens is 2. The molecule has 0 radical (unpaired) electrons. The van der Waals surface area contributed by atoms with Crippen LogP contribution in [-0.2, 0) is 9.47 Å². The molecule has 1 aromatic heterocycles. The number of hydrogen-bond donors (Lipinski definition) is 1. The Morgan fingerprint density at radius 1 is 1.41 bits per heavy atom. The molecule has 0 aliphatic carbocycles. The van der Waals surface area contributed by atoms with Crippen LogP contribution in [-0.4, -0.2) is 42.6 Å². The Labute approximate surface area is 137 Å². The van der Waals surface area contributed by atoms with E-state index >= 15 is 0 Å². The lowest BCUT2D eigenvalue weighted by molar-refractivity contribution is -0.130. The van der Waals surface area contributed by atoms with Gasteiger partial charge >= 0.3 is 0 Å². The van der Waals surface area contributed by atoms with E-state index in [1.165, 1.54) is 11.3 Å². The first-order valence-corrected chi connectivity index (χ1v) is 8.71. The third kappa shape index (κ3) is 4.10. The highest BCUT2D eigenvalue weighted by Crippen LogP contribution is 2.32. The Morgan fingerprint density at radius 3 is 3.14 bits per heavy atom. The van der Waals surface area contributed by atoms with Crippen LogP contribution in [0.15, 0.2) is 28.6 Å². The molecule has 0 spiro atoms. The van der Waals surface area contributed by atoms with E-state index in [-0.39, 0.29) is 6.10 Å². The molecule has 0 amide bonds. The van der Waals surface area contributed by atoms with Crippen molar-refractivity contribution in [1.82, 2.24) is 10.2 Å². The maximum Gasteiger partial charge on any atom is 0.210 e. The number of thioether (sulfide) groups is 1. The van der Waals surface area contributed by atoms with Crippen molar-refractivity contribution in [3.63, 3.8) is 0 Å². The third-order valence-corrected chi connectivity index (χ3v) is 5.22. The summed E-state index contributed by atoms with van der Waals surface area (Å²) in [6.45, 7) is 1.16. The molecule has 0 saturated carbocycles. The molecule has 8 heteroatoms. The van der Waals surface area contributed by atoms with Gasteiger partial charge in [-0.25, -0.2) is 0 Å². The highest BCUT2D eigenvalue weighted by atomic mass is 32.2. The van der Waals surface area contributed by atoms with Crippen LogP contribution in [0.3, 0.4) is 0 Å². The van der Waals surface area contributed by atoms with Crippen molar-refractivity contribution < 1.29 is 14.2 Å². The second-order valence-electron chi connectivity index (χ2n) is 4.61. The number of anilines is 2. The molecule has 2 aromatic rings. The highest BCUT2D eigenvalue weighted by molar-refractivity contribution is 8.01. The van der Waals surface area contributed by atoms with Crippen LogP contribution in [0.5, 0.6) is 5.75 Å². The minimum Gasteiger partial charge on any atom is -0.495 e. The lowest BCUT2D eigenvalue weighted by Gasteiger charge is -2.21. The van der Waals surface area contributed by atoms with Crippen LogP contribution in [0.4, 0.5) is 10.8 Å². The smallest absolute Gasteiger partial charge is 0.210 e. The highest BCUT2D eigenvalue weighted by Gasteiger charge is 2.16. The number of rotatable bonds is 6. The molecule has 0 bridgehead atoms. The molecule has 3 rings (SSSR count). The summed E-state index contributed by atoms with van der Waals surface area (Å²) in [6, 6.07) is 7.73. The fraction of sp³-hybridized carbons (Fsp3) is 0.429. The lowest BCUT2D eigenvalue weighted by Crippen LogP contribution is -2.25. The molecule has 1 aromatic carbocycles. The van der Waals surface area contributed by atoms with E-state index in [2.05, 4.69) is 15.5 Å². The molecule has 1 N–H and O–H groups in total. The second-order valence-corrected chi connectivity index (χ2v) is 6.86. The van der Waals surface area contributed by atoms with Gasteiger partial charge in [-0.1, -0.05) is 35.2 Å². The second kappa shape index (κ2) is 7.77.